The van der Waals surface area contributed by atoms with Crippen molar-refractivity contribution in [2.45, 2.75) is 17.4 Å². The Bertz CT molecular complexity index is 1110. The molecule has 0 aliphatic rings. The highest BCUT2D eigenvalue weighted by Crippen LogP contribution is 2.16. The van der Waals surface area contributed by atoms with Crippen LogP contribution in [0.5, 0.6) is 0 Å². The fourth-order valence-electron chi connectivity index (χ4n) is 2.75. The molecule has 3 aromatic rings. The smallest absolute Gasteiger partial charge is 0.244 e. The van der Waals surface area contributed by atoms with Crippen molar-refractivity contribution >= 4 is 21.6 Å². The van der Waals surface area contributed by atoms with Gasteiger partial charge in [0.2, 0.25) is 15.9 Å². The maximum absolute atomic E-state index is 14.0. The molecular weight excluding hydrogens is 398 g/mol. The molecule has 29 heavy (non-hydrogen) atoms. The molecule has 8 heteroatoms. The lowest BCUT2D eigenvalue weighted by molar-refractivity contribution is -0.117. The van der Waals surface area contributed by atoms with E-state index in [9.17, 15) is 22.0 Å². The van der Waals surface area contributed by atoms with Gasteiger partial charge in [-0.15, -0.1) is 0 Å². The molecule has 1 unspecified atom stereocenters. The molecule has 0 spiro atoms. The van der Waals surface area contributed by atoms with Gasteiger partial charge < -0.3 is 5.32 Å². The van der Waals surface area contributed by atoms with E-state index in [0.29, 0.717) is 5.56 Å². The Morgan fingerprint density at radius 1 is 0.897 bits per heavy atom. The van der Waals surface area contributed by atoms with E-state index < -0.39 is 38.5 Å². The molecule has 0 heterocycles. The van der Waals surface area contributed by atoms with Gasteiger partial charge >= 0.3 is 0 Å². The summed E-state index contributed by atoms with van der Waals surface area (Å²) in [5.41, 5.74) is 0.876. The van der Waals surface area contributed by atoms with Crippen molar-refractivity contribution in [3.8, 4) is 0 Å². The number of hydrogen-bond acceptors (Lipinski definition) is 3. The zero-order chi connectivity index (χ0) is 20.9. The average Bonchev–Trinajstić information content (AvgIpc) is 2.68. The molecule has 3 rings (SSSR count). The average molecular weight is 416 g/mol. The van der Waals surface area contributed by atoms with Crippen LogP contribution in [-0.2, 0) is 21.2 Å². The SMILES string of the molecule is O=C(Nc1cccc(F)c1)C(Cc1ccccc1)NS(=O)(=O)c1ccccc1F. The number of sulfonamides is 1. The van der Waals surface area contributed by atoms with Gasteiger partial charge in [-0.1, -0.05) is 48.5 Å². The van der Waals surface area contributed by atoms with Crippen LogP contribution < -0.4 is 10.0 Å². The number of anilines is 1. The molecule has 0 aliphatic heterocycles. The molecule has 0 fully saturated rings. The summed E-state index contributed by atoms with van der Waals surface area (Å²) >= 11 is 0. The molecule has 1 amide bonds. The highest BCUT2D eigenvalue weighted by Gasteiger charge is 2.28. The van der Waals surface area contributed by atoms with Gasteiger partial charge in [0.1, 0.15) is 22.6 Å². The van der Waals surface area contributed by atoms with E-state index in [1.54, 1.807) is 30.3 Å². The van der Waals surface area contributed by atoms with E-state index in [2.05, 4.69) is 10.0 Å². The Hall–Kier alpha value is -3.10. The van der Waals surface area contributed by atoms with Gasteiger partial charge in [0.25, 0.3) is 0 Å². The summed E-state index contributed by atoms with van der Waals surface area (Å²) in [6.07, 6.45) is 0.0235. The van der Waals surface area contributed by atoms with Crippen molar-refractivity contribution in [3.63, 3.8) is 0 Å². The second-order valence-corrected chi connectivity index (χ2v) is 7.98. The van der Waals surface area contributed by atoms with Crippen LogP contribution in [-0.4, -0.2) is 20.4 Å². The van der Waals surface area contributed by atoms with Crippen molar-refractivity contribution in [1.82, 2.24) is 4.72 Å². The fraction of sp³-hybridized carbons (Fsp3) is 0.0952. The van der Waals surface area contributed by atoms with Crippen LogP contribution in [0.1, 0.15) is 5.56 Å². The van der Waals surface area contributed by atoms with E-state index in [-0.39, 0.29) is 12.1 Å². The van der Waals surface area contributed by atoms with Gasteiger partial charge in [-0.25, -0.2) is 17.2 Å². The first-order chi connectivity index (χ1) is 13.8. The molecule has 2 N–H and O–H groups in total. The van der Waals surface area contributed by atoms with Gasteiger partial charge in [0, 0.05) is 5.69 Å². The Morgan fingerprint density at radius 2 is 1.59 bits per heavy atom. The summed E-state index contributed by atoms with van der Waals surface area (Å²) < 4.78 is 55.0. The third-order valence-electron chi connectivity index (χ3n) is 4.11. The van der Waals surface area contributed by atoms with Crippen LogP contribution >= 0.6 is 0 Å². The Morgan fingerprint density at radius 3 is 2.28 bits per heavy atom. The number of nitrogens with one attached hydrogen (secondary N) is 2. The van der Waals surface area contributed by atoms with Crippen molar-refractivity contribution in [2.24, 2.45) is 0 Å². The van der Waals surface area contributed by atoms with Crippen LogP contribution in [0.15, 0.2) is 83.8 Å². The highest BCUT2D eigenvalue weighted by molar-refractivity contribution is 7.89. The minimum absolute atomic E-state index is 0.0235. The van der Waals surface area contributed by atoms with Crippen molar-refractivity contribution < 1.29 is 22.0 Å². The maximum Gasteiger partial charge on any atom is 0.244 e. The van der Waals surface area contributed by atoms with Crippen molar-refractivity contribution in [1.29, 1.82) is 0 Å². The zero-order valence-corrected chi connectivity index (χ0v) is 16.0. The molecule has 0 aliphatic carbocycles. The standard InChI is InChI=1S/C21H18F2N2O3S/c22-16-9-6-10-17(14-16)24-21(26)19(13-15-7-2-1-3-8-15)25-29(27,28)20-12-5-4-11-18(20)23/h1-12,14,19,25H,13H2,(H,24,26). The normalized spacial score (nSPS) is 12.3. The van der Waals surface area contributed by atoms with E-state index in [0.717, 1.165) is 18.2 Å². The minimum atomic E-state index is -4.32. The van der Waals surface area contributed by atoms with Crippen LogP contribution in [0.2, 0.25) is 0 Å². The largest absolute Gasteiger partial charge is 0.325 e. The lowest BCUT2D eigenvalue weighted by atomic mass is 10.1. The van der Waals surface area contributed by atoms with Crippen molar-refractivity contribution in [2.75, 3.05) is 5.32 Å². The first-order valence-corrected chi connectivity index (χ1v) is 10.2. The van der Waals surface area contributed by atoms with Gasteiger partial charge in [-0.2, -0.15) is 4.72 Å². The molecular formula is C21H18F2N2O3S. The number of amides is 1. The van der Waals surface area contributed by atoms with E-state index >= 15 is 0 Å². The molecule has 3 aromatic carbocycles. The highest BCUT2D eigenvalue weighted by atomic mass is 32.2. The third-order valence-corrected chi connectivity index (χ3v) is 5.62. The molecule has 0 bridgehead atoms. The Balaban J connectivity index is 1.88. The van der Waals surface area contributed by atoms with Crippen molar-refractivity contribution in [3.05, 3.63) is 96.1 Å². The van der Waals surface area contributed by atoms with Crippen LogP contribution in [0.3, 0.4) is 0 Å². The number of benzene rings is 3. The summed E-state index contributed by atoms with van der Waals surface area (Å²) in [6.45, 7) is 0. The number of rotatable bonds is 7. The quantitative estimate of drug-likeness (QED) is 0.619. The first kappa shape index (κ1) is 20.6. The first-order valence-electron chi connectivity index (χ1n) is 8.72. The summed E-state index contributed by atoms with van der Waals surface area (Å²) in [4.78, 5) is 12.2. The van der Waals surface area contributed by atoms with Gasteiger partial charge in [-0.3, -0.25) is 4.79 Å². The van der Waals surface area contributed by atoms with Gasteiger partial charge in [0.05, 0.1) is 0 Å². The Labute approximate surface area is 167 Å². The van der Waals surface area contributed by atoms with Crippen LogP contribution in [0.25, 0.3) is 0 Å². The lowest BCUT2D eigenvalue weighted by Crippen LogP contribution is -2.45. The van der Waals surface area contributed by atoms with Crippen LogP contribution in [0.4, 0.5) is 14.5 Å². The molecule has 0 aromatic heterocycles. The molecule has 0 saturated carbocycles. The molecule has 150 valence electrons. The summed E-state index contributed by atoms with van der Waals surface area (Å²) in [7, 11) is -4.32. The predicted molar refractivity (Wildman–Crippen MR) is 106 cm³/mol. The van der Waals surface area contributed by atoms with Crippen LogP contribution in [0, 0.1) is 11.6 Å². The van der Waals surface area contributed by atoms with E-state index in [1.807, 2.05) is 0 Å². The maximum atomic E-state index is 14.0. The number of carbonyl (C=O) groups excluding carboxylic acids is 1. The van der Waals surface area contributed by atoms with E-state index in [1.165, 1.54) is 30.3 Å². The molecule has 0 saturated heterocycles. The number of hydrogen-bond donors (Lipinski definition) is 2. The Kier molecular flexibility index (Phi) is 6.36. The summed E-state index contributed by atoms with van der Waals surface area (Å²) in [6, 6.07) is 17.6. The molecule has 1 atom stereocenters. The lowest BCUT2D eigenvalue weighted by Gasteiger charge is -2.19. The number of halogens is 2. The second-order valence-electron chi connectivity index (χ2n) is 6.29. The third kappa shape index (κ3) is 5.46. The fourth-order valence-corrected chi connectivity index (χ4v) is 4.02. The predicted octanol–water partition coefficient (Wildman–Crippen LogP) is 3.49. The zero-order valence-electron chi connectivity index (χ0n) is 15.2. The topological polar surface area (TPSA) is 75.3 Å². The summed E-state index contributed by atoms with van der Waals surface area (Å²) in [5.74, 6) is -2.17. The monoisotopic (exact) mass is 416 g/mol. The minimum Gasteiger partial charge on any atom is -0.325 e. The van der Waals surface area contributed by atoms with Gasteiger partial charge in [-0.05, 0) is 42.3 Å². The second kappa shape index (κ2) is 8.93. The number of carbonyl (C=O) groups is 1. The molecule has 5 nitrogen and oxygen atoms in total. The summed E-state index contributed by atoms with van der Waals surface area (Å²) in [5, 5.41) is 2.49. The molecule has 0 radical (unpaired) electrons. The van der Waals surface area contributed by atoms with E-state index in [4.69, 9.17) is 0 Å². The van der Waals surface area contributed by atoms with Gasteiger partial charge in [0.15, 0.2) is 0 Å².